The average Bonchev–Trinajstić information content (AvgIpc) is 2.48. The third-order valence-corrected chi connectivity index (χ3v) is 5.20. The van der Waals surface area contributed by atoms with E-state index in [9.17, 15) is 4.39 Å². The molecule has 0 spiro atoms. The standard InChI is InChI=1S/C18H27FN2/c1-14(21-9-5-2-6-10-21)13-20-16-11-15(12-16)17-7-3-4-8-18(17)19/h3-4,7-8,14-16,20H,2,5-6,9-13H2,1H3. The first kappa shape index (κ1) is 15.0. The molecule has 3 rings (SSSR count). The third kappa shape index (κ3) is 3.64. The van der Waals surface area contributed by atoms with E-state index in [0.29, 0.717) is 18.0 Å². The average molecular weight is 290 g/mol. The first-order valence-electron chi connectivity index (χ1n) is 8.46. The van der Waals surface area contributed by atoms with E-state index < -0.39 is 0 Å². The van der Waals surface area contributed by atoms with E-state index >= 15 is 0 Å². The fourth-order valence-corrected chi connectivity index (χ4v) is 3.67. The molecule has 0 bridgehead atoms. The fraction of sp³-hybridized carbons (Fsp3) is 0.667. The predicted molar refractivity (Wildman–Crippen MR) is 85.1 cm³/mol. The van der Waals surface area contributed by atoms with Gasteiger partial charge in [0.2, 0.25) is 0 Å². The summed E-state index contributed by atoms with van der Waals surface area (Å²) >= 11 is 0. The Morgan fingerprint density at radius 1 is 1.19 bits per heavy atom. The number of nitrogens with zero attached hydrogens (tertiary/aromatic N) is 1. The second-order valence-electron chi connectivity index (χ2n) is 6.74. The largest absolute Gasteiger partial charge is 0.312 e. The number of nitrogens with one attached hydrogen (secondary N) is 1. The zero-order valence-electron chi connectivity index (χ0n) is 13.0. The minimum absolute atomic E-state index is 0.0392. The van der Waals surface area contributed by atoms with Gasteiger partial charge in [0.15, 0.2) is 0 Å². The Morgan fingerprint density at radius 2 is 1.90 bits per heavy atom. The lowest BCUT2D eigenvalue weighted by Gasteiger charge is -2.39. The van der Waals surface area contributed by atoms with Crippen molar-refractivity contribution < 1.29 is 4.39 Å². The number of benzene rings is 1. The van der Waals surface area contributed by atoms with Crippen molar-refractivity contribution in [2.75, 3.05) is 19.6 Å². The number of likely N-dealkylation sites (tertiary alicyclic amines) is 1. The van der Waals surface area contributed by atoms with Crippen LogP contribution in [0.3, 0.4) is 0 Å². The molecule has 1 N–H and O–H groups in total. The van der Waals surface area contributed by atoms with E-state index in [1.807, 2.05) is 12.1 Å². The molecule has 1 saturated carbocycles. The lowest BCUT2D eigenvalue weighted by atomic mass is 9.75. The monoisotopic (exact) mass is 290 g/mol. The number of piperidine rings is 1. The Hall–Kier alpha value is -0.930. The molecule has 3 heteroatoms. The molecule has 1 aromatic rings. The molecule has 1 aliphatic heterocycles. The summed E-state index contributed by atoms with van der Waals surface area (Å²) in [4.78, 5) is 2.60. The summed E-state index contributed by atoms with van der Waals surface area (Å²) in [5, 5.41) is 3.67. The highest BCUT2D eigenvalue weighted by Gasteiger charge is 2.32. The normalized spacial score (nSPS) is 28.1. The van der Waals surface area contributed by atoms with E-state index in [2.05, 4.69) is 17.1 Å². The third-order valence-electron chi connectivity index (χ3n) is 5.20. The highest BCUT2D eigenvalue weighted by molar-refractivity contribution is 5.24. The van der Waals surface area contributed by atoms with Crippen LogP contribution in [0.1, 0.15) is 50.5 Å². The molecule has 1 aliphatic carbocycles. The van der Waals surface area contributed by atoms with E-state index in [1.54, 1.807) is 12.1 Å². The maximum atomic E-state index is 13.7. The van der Waals surface area contributed by atoms with Crippen molar-refractivity contribution in [3.63, 3.8) is 0 Å². The number of rotatable bonds is 5. The van der Waals surface area contributed by atoms with Gasteiger partial charge < -0.3 is 5.32 Å². The van der Waals surface area contributed by atoms with Gasteiger partial charge in [-0.1, -0.05) is 24.6 Å². The van der Waals surface area contributed by atoms with Gasteiger partial charge in [-0.15, -0.1) is 0 Å². The lowest BCUT2D eigenvalue weighted by molar-refractivity contribution is 0.159. The minimum Gasteiger partial charge on any atom is -0.312 e. The van der Waals surface area contributed by atoms with Crippen molar-refractivity contribution in [3.05, 3.63) is 35.6 Å². The summed E-state index contributed by atoms with van der Waals surface area (Å²) in [5.41, 5.74) is 0.902. The van der Waals surface area contributed by atoms with Gasteiger partial charge in [0, 0.05) is 18.6 Å². The maximum absolute atomic E-state index is 13.7. The van der Waals surface area contributed by atoms with E-state index in [1.165, 1.54) is 32.4 Å². The Labute approximate surface area is 127 Å². The molecule has 1 aromatic carbocycles. The molecule has 116 valence electrons. The van der Waals surface area contributed by atoms with Gasteiger partial charge >= 0.3 is 0 Å². The van der Waals surface area contributed by atoms with Crippen molar-refractivity contribution in [1.29, 1.82) is 0 Å². The molecular weight excluding hydrogens is 263 g/mol. The highest BCUT2D eigenvalue weighted by Crippen LogP contribution is 2.37. The topological polar surface area (TPSA) is 15.3 Å². The van der Waals surface area contributed by atoms with Gasteiger partial charge in [-0.25, -0.2) is 4.39 Å². The van der Waals surface area contributed by atoms with Crippen LogP contribution in [0.25, 0.3) is 0 Å². The van der Waals surface area contributed by atoms with Crippen LogP contribution in [-0.4, -0.2) is 36.6 Å². The fourth-order valence-electron chi connectivity index (χ4n) is 3.67. The van der Waals surface area contributed by atoms with Crippen LogP contribution in [0, 0.1) is 5.82 Å². The predicted octanol–water partition coefficient (Wildman–Crippen LogP) is 3.54. The van der Waals surface area contributed by atoms with Crippen LogP contribution < -0.4 is 5.32 Å². The molecule has 1 atom stereocenters. The van der Waals surface area contributed by atoms with Crippen molar-refractivity contribution >= 4 is 0 Å². The van der Waals surface area contributed by atoms with Gasteiger partial charge in [0.25, 0.3) is 0 Å². The molecule has 2 fully saturated rings. The molecule has 0 amide bonds. The molecule has 0 radical (unpaired) electrons. The maximum Gasteiger partial charge on any atom is 0.126 e. The highest BCUT2D eigenvalue weighted by atomic mass is 19.1. The van der Waals surface area contributed by atoms with Crippen molar-refractivity contribution in [1.82, 2.24) is 10.2 Å². The molecule has 1 unspecified atom stereocenters. The first-order valence-corrected chi connectivity index (χ1v) is 8.46. The number of halogens is 1. The lowest BCUT2D eigenvalue weighted by Crippen LogP contribution is -2.48. The van der Waals surface area contributed by atoms with Crippen LogP contribution >= 0.6 is 0 Å². The first-order chi connectivity index (χ1) is 10.2. The SMILES string of the molecule is CC(CNC1CC(c2ccccc2F)C1)N1CCCCC1. The summed E-state index contributed by atoms with van der Waals surface area (Å²) in [5.74, 6) is 0.372. The van der Waals surface area contributed by atoms with Gasteiger partial charge in [-0.05, 0) is 63.2 Å². The smallest absolute Gasteiger partial charge is 0.126 e. The van der Waals surface area contributed by atoms with Crippen LogP contribution in [0.5, 0.6) is 0 Å². The summed E-state index contributed by atoms with van der Waals surface area (Å²) in [6.45, 7) is 5.90. The number of hydrogen-bond donors (Lipinski definition) is 1. The van der Waals surface area contributed by atoms with Gasteiger partial charge in [-0.3, -0.25) is 4.90 Å². The molecule has 21 heavy (non-hydrogen) atoms. The Balaban J connectivity index is 1.40. The molecule has 2 aliphatic rings. The summed E-state index contributed by atoms with van der Waals surface area (Å²) < 4.78 is 13.7. The van der Waals surface area contributed by atoms with Crippen LogP contribution in [0.15, 0.2) is 24.3 Å². The van der Waals surface area contributed by atoms with Gasteiger partial charge in [-0.2, -0.15) is 0 Å². The quantitative estimate of drug-likeness (QED) is 0.892. The summed E-state index contributed by atoms with van der Waals surface area (Å²) in [6.07, 6.45) is 6.25. The summed E-state index contributed by atoms with van der Waals surface area (Å²) in [7, 11) is 0. The van der Waals surface area contributed by atoms with Crippen LogP contribution in [-0.2, 0) is 0 Å². The van der Waals surface area contributed by atoms with E-state index in [-0.39, 0.29) is 5.82 Å². The van der Waals surface area contributed by atoms with Crippen molar-refractivity contribution in [3.8, 4) is 0 Å². The second kappa shape index (κ2) is 6.89. The molecular formula is C18H27FN2. The van der Waals surface area contributed by atoms with E-state index in [0.717, 1.165) is 24.9 Å². The number of hydrogen-bond acceptors (Lipinski definition) is 2. The minimum atomic E-state index is -0.0392. The Bertz CT molecular complexity index is 450. The van der Waals surface area contributed by atoms with E-state index in [4.69, 9.17) is 0 Å². The summed E-state index contributed by atoms with van der Waals surface area (Å²) in [6, 6.07) is 8.42. The zero-order valence-corrected chi connectivity index (χ0v) is 13.0. The van der Waals surface area contributed by atoms with Crippen molar-refractivity contribution in [2.45, 2.75) is 57.0 Å². The van der Waals surface area contributed by atoms with Gasteiger partial charge in [0.05, 0.1) is 0 Å². The molecule has 2 nitrogen and oxygen atoms in total. The molecule has 1 saturated heterocycles. The molecule has 0 aromatic heterocycles. The second-order valence-corrected chi connectivity index (χ2v) is 6.74. The van der Waals surface area contributed by atoms with Crippen LogP contribution in [0.4, 0.5) is 4.39 Å². The Kier molecular flexibility index (Phi) is 4.91. The van der Waals surface area contributed by atoms with Crippen LogP contribution in [0.2, 0.25) is 0 Å². The zero-order chi connectivity index (χ0) is 14.7. The molecule has 1 heterocycles. The van der Waals surface area contributed by atoms with Gasteiger partial charge in [0.1, 0.15) is 5.82 Å². The Morgan fingerprint density at radius 3 is 2.62 bits per heavy atom. The van der Waals surface area contributed by atoms with Crippen molar-refractivity contribution in [2.24, 2.45) is 0 Å².